The third-order valence-corrected chi connectivity index (χ3v) is 13.0. The molecule has 5 heteroatoms. The number of carbonyl (C=O) groups is 2. The van der Waals surface area contributed by atoms with Crippen LogP contribution in [0.2, 0.25) is 0 Å². The van der Waals surface area contributed by atoms with Gasteiger partial charge in [-0.05, 0) is 79.1 Å². The molecule has 0 spiro atoms. The standard InChI is InChI=1S/C31H44O5/c1-17-10-11-31(26(34)35-7)13-12-29(5)19(23(31)18(17)2)8-9-22-27(3)14-20(32)25(33)28(4)16-36-21(24(27)28)15-30(22,29)6/h8,17-18,22-23,25,33H,9-16H2,1-7H3/t17-,18+,22-,23-,25+,27-,28+,29-,30-,31+/m1/s1. The molecule has 10 atom stereocenters. The van der Waals surface area contributed by atoms with E-state index in [1.54, 1.807) is 7.11 Å². The predicted octanol–water partition coefficient (Wildman–Crippen LogP) is 5.62. The second kappa shape index (κ2) is 7.27. The summed E-state index contributed by atoms with van der Waals surface area (Å²) < 4.78 is 11.9. The molecule has 0 unspecified atom stereocenters. The van der Waals surface area contributed by atoms with Gasteiger partial charge in [-0.3, -0.25) is 9.59 Å². The fourth-order valence-electron chi connectivity index (χ4n) is 10.8. The van der Waals surface area contributed by atoms with Gasteiger partial charge in [0.1, 0.15) is 6.10 Å². The second-order valence-corrected chi connectivity index (χ2v) is 14.3. The largest absolute Gasteiger partial charge is 0.497 e. The van der Waals surface area contributed by atoms with Gasteiger partial charge in [0.25, 0.3) is 0 Å². The topological polar surface area (TPSA) is 72.8 Å². The highest BCUT2D eigenvalue weighted by molar-refractivity contribution is 5.88. The monoisotopic (exact) mass is 496 g/mol. The van der Waals surface area contributed by atoms with Crippen molar-refractivity contribution in [1.82, 2.24) is 0 Å². The summed E-state index contributed by atoms with van der Waals surface area (Å²) in [6.07, 6.45) is 7.43. The minimum absolute atomic E-state index is 0.0242. The Bertz CT molecular complexity index is 1100. The van der Waals surface area contributed by atoms with E-state index in [1.165, 1.54) is 11.1 Å². The van der Waals surface area contributed by atoms with Crippen molar-refractivity contribution in [2.24, 2.45) is 50.7 Å². The number of fused-ring (bicyclic) bond motifs is 6. The number of allylic oxidation sites excluding steroid dienone is 3. The first-order chi connectivity index (χ1) is 16.8. The van der Waals surface area contributed by atoms with Crippen LogP contribution in [-0.2, 0) is 19.1 Å². The molecule has 0 aromatic heterocycles. The Kier molecular flexibility index (Phi) is 4.99. The molecule has 0 amide bonds. The molecule has 0 bridgehead atoms. The van der Waals surface area contributed by atoms with Crippen LogP contribution in [0.15, 0.2) is 23.0 Å². The summed E-state index contributed by atoms with van der Waals surface area (Å²) in [6, 6.07) is 0. The number of ether oxygens (including phenoxy) is 2. The van der Waals surface area contributed by atoms with Crippen molar-refractivity contribution in [3.05, 3.63) is 23.0 Å². The van der Waals surface area contributed by atoms with Gasteiger partial charge in [-0.2, -0.15) is 0 Å². The van der Waals surface area contributed by atoms with E-state index in [4.69, 9.17) is 9.47 Å². The minimum Gasteiger partial charge on any atom is -0.497 e. The van der Waals surface area contributed by atoms with Gasteiger partial charge in [0, 0.05) is 18.3 Å². The highest BCUT2D eigenvalue weighted by Gasteiger charge is 2.71. The zero-order valence-electron chi connectivity index (χ0n) is 23.2. The van der Waals surface area contributed by atoms with Crippen molar-refractivity contribution >= 4 is 11.8 Å². The van der Waals surface area contributed by atoms with E-state index in [0.29, 0.717) is 24.9 Å². The molecule has 6 aliphatic rings. The van der Waals surface area contributed by atoms with E-state index >= 15 is 0 Å². The van der Waals surface area contributed by atoms with Gasteiger partial charge in [0.05, 0.1) is 30.3 Å². The van der Waals surface area contributed by atoms with E-state index in [9.17, 15) is 14.7 Å². The number of carbonyl (C=O) groups excluding carboxylic acids is 2. The third kappa shape index (κ3) is 2.57. The molecule has 1 N–H and O–H groups in total. The first-order valence-electron chi connectivity index (χ1n) is 14.2. The highest BCUT2D eigenvalue weighted by atomic mass is 16.5. The molecule has 1 heterocycles. The van der Waals surface area contributed by atoms with Crippen LogP contribution in [0.4, 0.5) is 0 Å². The lowest BCUT2D eigenvalue weighted by Crippen LogP contribution is -2.64. The lowest BCUT2D eigenvalue weighted by Gasteiger charge is -2.68. The summed E-state index contributed by atoms with van der Waals surface area (Å²) in [6.45, 7) is 14.3. The van der Waals surface area contributed by atoms with E-state index in [1.807, 2.05) is 6.92 Å². The maximum atomic E-state index is 13.4. The van der Waals surface area contributed by atoms with Crippen LogP contribution in [0.25, 0.3) is 0 Å². The van der Waals surface area contributed by atoms with Crippen LogP contribution in [0.1, 0.15) is 86.5 Å². The van der Waals surface area contributed by atoms with Crippen LogP contribution in [-0.4, -0.2) is 36.7 Å². The van der Waals surface area contributed by atoms with Gasteiger partial charge in [-0.25, -0.2) is 0 Å². The zero-order valence-corrected chi connectivity index (χ0v) is 23.2. The number of Topliss-reactive ketones (excluding diaryl/α,β-unsaturated/α-hetero) is 1. The molecule has 3 saturated carbocycles. The predicted molar refractivity (Wildman–Crippen MR) is 137 cm³/mol. The van der Waals surface area contributed by atoms with Crippen LogP contribution >= 0.6 is 0 Å². The van der Waals surface area contributed by atoms with Crippen molar-refractivity contribution < 1.29 is 24.2 Å². The van der Waals surface area contributed by atoms with Gasteiger partial charge >= 0.3 is 5.97 Å². The number of hydrogen-bond acceptors (Lipinski definition) is 5. The number of rotatable bonds is 1. The van der Waals surface area contributed by atoms with E-state index in [-0.39, 0.29) is 39.8 Å². The fourth-order valence-corrected chi connectivity index (χ4v) is 10.8. The van der Waals surface area contributed by atoms with Gasteiger partial charge in [-0.1, -0.05) is 46.3 Å². The van der Waals surface area contributed by atoms with Crippen LogP contribution in [0, 0.1) is 50.7 Å². The maximum Gasteiger partial charge on any atom is 0.312 e. The van der Waals surface area contributed by atoms with Crippen molar-refractivity contribution in [3.8, 4) is 0 Å². The van der Waals surface area contributed by atoms with Crippen molar-refractivity contribution in [2.75, 3.05) is 13.7 Å². The Balaban J connectivity index is 1.51. The van der Waals surface area contributed by atoms with Gasteiger partial charge in [-0.15, -0.1) is 0 Å². The highest BCUT2D eigenvalue weighted by Crippen LogP contribution is 2.76. The zero-order chi connectivity index (χ0) is 26.1. The molecule has 5 aliphatic carbocycles. The lowest BCUT2D eigenvalue weighted by atomic mass is 9.35. The first kappa shape index (κ1) is 24.7. The SMILES string of the molecule is COC(=O)[C@]12CC[C@@H](C)[C@H](C)[C@@H]1C1=CC[C@@H]3[C@@]4(C)CC(=O)[C@H](O)[C@@]5(C)COC(=C45)C[C@@]3(C)[C@]1(C)CC2. The summed E-state index contributed by atoms with van der Waals surface area (Å²) >= 11 is 0. The number of aliphatic hydroxyl groups excluding tert-OH is 1. The fraction of sp³-hybridized carbons (Fsp3) is 0.806. The van der Waals surface area contributed by atoms with Crippen molar-refractivity contribution in [2.45, 2.75) is 92.6 Å². The summed E-state index contributed by atoms with van der Waals surface area (Å²) in [5.41, 5.74) is 1.12. The average molecular weight is 497 g/mol. The van der Waals surface area contributed by atoms with Crippen LogP contribution in [0.5, 0.6) is 0 Å². The molecule has 6 rings (SSSR count). The molecule has 0 saturated heterocycles. The molecule has 1 aliphatic heterocycles. The lowest BCUT2D eigenvalue weighted by molar-refractivity contribution is -0.173. The van der Waals surface area contributed by atoms with Gasteiger partial charge < -0.3 is 14.6 Å². The Morgan fingerprint density at radius 1 is 1.08 bits per heavy atom. The van der Waals surface area contributed by atoms with Gasteiger partial charge in [0.15, 0.2) is 5.78 Å². The summed E-state index contributed by atoms with van der Waals surface area (Å²) in [4.78, 5) is 26.6. The Morgan fingerprint density at radius 2 is 1.81 bits per heavy atom. The van der Waals surface area contributed by atoms with Gasteiger partial charge in [0.2, 0.25) is 0 Å². The first-order valence-corrected chi connectivity index (χ1v) is 14.2. The summed E-state index contributed by atoms with van der Waals surface area (Å²) in [5.74, 6) is 2.42. The quantitative estimate of drug-likeness (QED) is 0.377. The molecule has 198 valence electrons. The Hall–Kier alpha value is -1.62. The molecule has 0 aromatic rings. The summed E-state index contributed by atoms with van der Waals surface area (Å²) in [7, 11) is 1.55. The number of methoxy groups -OCH3 is 1. The van der Waals surface area contributed by atoms with E-state index < -0.39 is 16.9 Å². The number of aliphatic hydroxyl groups is 1. The van der Waals surface area contributed by atoms with E-state index in [0.717, 1.165) is 44.3 Å². The number of hydrogen-bond donors (Lipinski definition) is 1. The molecular formula is C31H44O5. The molecule has 0 radical (unpaired) electrons. The van der Waals surface area contributed by atoms with Crippen LogP contribution in [0.3, 0.4) is 0 Å². The molecule has 3 fully saturated rings. The van der Waals surface area contributed by atoms with Crippen molar-refractivity contribution in [1.29, 1.82) is 0 Å². The van der Waals surface area contributed by atoms with Crippen molar-refractivity contribution in [3.63, 3.8) is 0 Å². The average Bonchev–Trinajstić information content (AvgIpc) is 3.18. The maximum absolute atomic E-state index is 13.4. The molecule has 0 aromatic carbocycles. The number of esters is 1. The normalized spacial score (nSPS) is 53.4. The molecule has 36 heavy (non-hydrogen) atoms. The summed E-state index contributed by atoms with van der Waals surface area (Å²) in [5, 5.41) is 10.9. The minimum atomic E-state index is -0.979. The number of ketones is 1. The molecular weight excluding hydrogens is 452 g/mol. The third-order valence-electron chi connectivity index (χ3n) is 13.0. The second-order valence-electron chi connectivity index (χ2n) is 14.3. The van der Waals surface area contributed by atoms with E-state index in [2.05, 4.69) is 40.7 Å². The smallest absolute Gasteiger partial charge is 0.312 e. The Morgan fingerprint density at radius 3 is 2.50 bits per heavy atom. The van der Waals surface area contributed by atoms with Crippen LogP contribution < -0.4 is 0 Å². The Labute approximate surface area is 216 Å². The molecule has 5 nitrogen and oxygen atoms in total.